The predicted molar refractivity (Wildman–Crippen MR) is 79.0 cm³/mol. The summed E-state index contributed by atoms with van der Waals surface area (Å²) >= 11 is 3.24. The van der Waals surface area contributed by atoms with Gasteiger partial charge in [0.15, 0.2) is 0 Å². The number of rotatable bonds is 3. The van der Waals surface area contributed by atoms with Crippen LogP contribution in [0.3, 0.4) is 0 Å². The summed E-state index contributed by atoms with van der Waals surface area (Å²) in [6.07, 6.45) is 0. The molecule has 3 nitrogen and oxygen atoms in total. The fourth-order valence-corrected chi connectivity index (χ4v) is 2.23. The molecule has 0 atom stereocenters. The van der Waals surface area contributed by atoms with E-state index in [1.807, 2.05) is 6.07 Å². The van der Waals surface area contributed by atoms with E-state index >= 15 is 0 Å². The van der Waals surface area contributed by atoms with E-state index in [4.69, 9.17) is 5.26 Å². The van der Waals surface area contributed by atoms with E-state index in [2.05, 4.69) is 21.2 Å². The largest absolute Gasteiger partial charge is 0.506 e. The summed E-state index contributed by atoms with van der Waals surface area (Å²) in [6.45, 7) is 1.97. The molecular formula is C15H12BrFN2O. The number of para-hydroxylation sites is 1. The maximum atomic E-state index is 13.6. The number of halogens is 2. The number of nitrogens with one attached hydrogen (secondary N) is 1. The van der Waals surface area contributed by atoms with Gasteiger partial charge in [0.2, 0.25) is 0 Å². The Hall–Kier alpha value is -2.06. The average Bonchev–Trinajstić information content (AvgIpc) is 2.44. The fourth-order valence-electron chi connectivity index (χ4n) is 1.82. The molecule has 2 aromatic rings. The van der Waals surface area contributed by atoms with Gasteiger partial charge in [-0.3, -0.25) is 0 Å². The Kier molecular flexibility index (Phi) is 4.26. The topological polar surface area (TPSA) is 56.0 Å². The normalized spacial score (nSPS) is 10.1. The van der Waals surface area contributed by atoms with Gasteiger partial charge in [-0.2, -0.15) is 5.26 Å². The van der Waals surface area contributed by atoms with Crippen molar-refractivity contribution in [1.29, 1.82) is 5.26 Å². The Labute approximate surface area is 124 Å². The molecule has 0 spiro atoms. The lowest BCUT2D eigenvalue weighted by Gasteiger charge is -2.12. The van der Waals surface area contributed by atoms with Crippen LogP contribution in [0, 0.1) is 24.1 Å². The van der Waals surface area contributed by atoms with Crippen LogP contribution < -0.4 is 5.32 Å². The molecule has 0 amide bonds. The number of phenolic OH excluding ortho intramolecular Hbond substituents is 1. The number of aromatic hydroxyl groups is 1. The third-order valence-corrected chi connectivity index (χ3v) is 3.65. The van der Waals surface area contributed by atoms with E-state index in [1.54, 1.807) is 31.2 Å². The second-order valence-corrected chi connectivity index (χ2v) is 5.20. The zero-order chi connectivity index (χ0) is 14.7. The molecule has 0 aliphatic carbocycles. The molecule has 0 heterocycles. The van der Waals surface area contributed by atoms with Gasteiger partial charge in [0.1, 0.15) is 11.6 Å². The van der Waals surface area contributed by atoms with Gasteiger partial charge in [0.25, 0.3) is 0 Å². The Morgan fingerprint density at radius 2 is 2.15 bits per heavy atom. The van der Waals surface area contributed by atoms with E-state index in [-0.39, 0.29) is 11.3 Å². The number of anilines is 1. The first-order valence-electron chi connectivity index (χ1n) is 5.93. The van der Waals surface area contributed by atoms with Crippen LogP contribution in [-0.2, 0) is 6.54 Å². The zero-order valence-corrected chi connectivity index (χ0v) is 12.3. The smallest absolute Gasteiger partial charge is 0.134 e. The standard InChI is InChI=1S/C15H12BrFN2O/c1-9-13(17)5-10(7-18)6-14(9)19-8-11-3-2-4-12(16)15(11)20/h2-6,19-20H,8H2,1H3. The first-order chi connectivity index (χ1) is 9.52. The minimum atomic E-state index is -0.426. The number of hydrogen-bond acceptors (Lipinski definition) is 3. The van der Waals surface area contributed by atoms with Crippen LogP contribution in [0.15, 0.2) is 34.8 Å². The molecule has 0 aromatic heterocycles. The van der Waals surface area contributed by atoms with Crippen LogP contribution in [0.2, 0.25) is 0 Å². The molecule has 0 saturated heterocycles. The molecule has 0 unspecified atom stereocenters. The second kappa shape index (κ2) is 5.93. The molecule has 102 valence electrons. The van der Waals surface area contributed by atoms with Gasteiger partial charge in [-0.15, -0.1) is 0 Å². The quantitative estimate of drug-likeness (QED) is 0.888. The van der Waals surface area contributed by atoms with E-state index in [0.717, 1.165) is 0 Å². The van der Waals surface area contributed by atoms with Gasteiger partial charge in [-0.1, -0.05) is 12.1 Å². The Morgan fingerprint density at radius 3 is 2.85 bits per heavy atom. The fraction of sp³-hybridized carbons (Fsp3) is 0.133. The van der Waals surface area contributed by atoms with Crippen LogP contribution in [0.1, 0.15) is 16.7 Å². The van der Waals surface area contributed by atoms with Crippen LogP contribution >= 0.6 is 15.9 Å². The zero-order valence-electron chi connectivity index (χ0n) is 10.7. The number of nitriles is 1. The monoisotopic (exact) mass is 334 g/mol. The lowest BCUT2D eigenvalue weighted by Crippen LogP contribution is -2.03. The lowest BCUT2D eigenvalue weighted by atomic mass is 10.1. The summed E-state index contributed by atoms with van der Waals surface area (Å²) in [5.74, 6) is -0.278. The summed E-state index contributed by atoms with van der Waals surface area (Å²) < 4.78 is 14.3. The number of phenols is 1. The molecule has 2 rings (SSSR count). The van der Waals surface area contributed by atoms with Crippen molar-refractivity contribution in [2.24, 2.45) is 0 Å². The summed E-state index contributed by atoms with van der Waals surface area (Å²) in [4.78, 5) is 0. The minimum absolute atomic E-state index is 0.148. The van der Waals surface area contributed by atoms with Crippen molar-refractivity contribution in [3.8, 4) is 11.8 Å². The van der Waals surface area contributed by atoms with Gasteiger partial charge in [0.05, 0.1) is 16.1 Å². The van der Waals surface area contributed by atoms with Crippen molar-refractivity contribution in [3.63, 3.8) is 0 Å². The van der Waals surface area contributed by atoms with E-state index in [0.29, 0.717) is 27.8 Å². The Balaban J connectivity index is 2.25. The summed E-state index contributed by atoms with van der Waals surface area (Å²) in [5.41, 5.74) is 1.93. The van der Waals surface area contributed by atoms with Crippen LogP contribution in [0.25, 0.3) is 0 Å². The minimum Gasteiger partial charge on any atom is -0.506 e. The Bertz CT molecular complexity index is 695. The molecule has 2 aromatic carbocycles. The van der Waals surface area contributed by atoms with Gasteiger partial charge in [-0.05, 0) is 41.1 Å². The molecule has 0 bridgehead atoms. The van der Waals surface area contributed by atoms with E-state index < -0.39 is 5.82 Å². The molecule has 0 saturated carbocycles. The van der Waals surface area contributed by atoms with Crippen LogP contribution in [-0.4, -0.2) is 5.11 Å². The average molecular weight is 335 g/mol. The van der Waals surface area contributed by atoms with Gasteiger partial charge >= 0.3 is 0 Å². The van der Waals surface area contributed by atoms with E-state index in [1.165, 1.54) is 6.07 Å². The lowest BCUT2D eigenvalue weighted by molar-refractivity contribution is 0.465. The molecule has 20 heavy (non-hydrogen) atoms. The van der Waals surface area contributed by atoms with Gasteiger partial charge in [0, 0.05) is 23.4 Å². The highest BCUT2D eigenvalue weighted by Gasteiger charge is 2.09. The summed E-state index contributed by atoms with van der Waals surface area (Å²) in [6, 6.07) is 10.0. The first-order valence-corrected chi connectivity index (χ1v) is 6.72. The predicted octanol–water partition coefficient (Wildman–Crippen LogP) is 4.09. The highest BCUT2D eigenvalue weighted by atomic mass is 79.9. The highest BCUT2D eigenvalue weighted by molar-refractivity contribution is 9.10. The third kappa shape index (κ3) is 2.91. The molecular weight excluding hydrogens is 323 g/mol. The maximum absolute atomic E-state index is 13.6. The van der Waals surface area contributed by atoms with E-state index in [9.17, 15) is 9.50 Å². The van der Waals surface area contributed by atoms with Crippen LogP contribution in [0.5, 0.6) is 5.75 Å². The molecule has 0 fully saturated rings. The SMILES string of the molecule is Cc1c(F)cc(C#N)cc1NCc1cccc(Br)c1O. The van der Waals surface area contributed by atoms with Crippen molar-refractivity contribution < 1.29 is 9.50 Å². The van der Waals surface area contributed by atoms with Crippen LogP contribution in [0.4, 0.5) is 10.1 Å². The molecule has 0 aliphatic rings. The van der Waals surface area contributed by atoms with Crippen molar-refractivity contribution >= 4 is 21.6 Å². The highest BCUT2D eigenvalue weighted by Crippen LogP contribution is 2.28. The summed E-state index contributed by atoms with van der Waals surface area (Å²) in [5, 5.41) is 21.8. The van der Waals surface area contributed by atoms with Gasteiger partial charge < -0.3 is 10.4 Å². The second-order valence-electron chi connectivity index (χ2n) is 4.34. The number of hydrogen-bond donors (Lipinski definition) is 2. The number of benzene rings is 2. The van der Waals surface area contributed by atoms with Crippen molar-refractivity contribution in [2.45, 2.75) is 13.5 Å². The Morgan fingerprint density at radius 1 is 1.40 bits per heavy atom. The van der Waals surface area contributed by atoms with Crippen molar-refractivity contribution in [2.75, 3.05) is 5.32 Å². The molecule has 0 aliphatic heterocycles. The molecule has 2 N–H and O–H groups in total. The number of nitrogens with zero attached hydrogens (tertiary/aromatic N) is 1. The van der Waals surface area contributed by atoms with Crippen molar-refractivity contribution in [1.82, 2.24) is 0 Å². The molecule has 5 heteroatoms. The first kappa shape index (κ1) is 14.4. The third-order valence-electron chi connectivity index (χ3n) is 3.01. The maximum Gasteiger partial charge on any atom is 0.134 e. The summed E-state index contributed by atoms with van der Waals surface area (Å²) in [7, 11) is 0. The van der Waals surface area contributed by atoms with Gasteiger partial charge in [-0.25, -0.2) is 4.39 Å². The molecule has 0 radical (unpaired) electrons. The van der Waals surface area contributed by atoms with Crippen molar-refractivity contribution in [3.05, 3.63) is 57.3 Å².